The number of carbonyl (C=O) groups excluding carboxylic acids is 1. The summed E-state index contributed by atoms with van der Waals surface area (Å²) < 4.78 is 41.1. The molecule has 1 N–H and O–H groups in total. The van der Waals surface area contributed by atoms with E-state index < -0.39 is 18.3 Å². The summed E-state index contributed by atoms with van der Waals surface area (Å²) in [6, 6.07) is 6.82. The van der Waals surface area contributed by atoms with E-state index in [1.807, 2.05) is 19.9 Å². The number of hydrogen-bond donors (Lipinski definition) is 1. The summed E-state index contributed by atoms with van der Waals surface area (Å²) in [5.74, 6) is -0.362. The van der Waals surface area contributed by atoms with Gasteiger partial charge in [0, 0.05) is 29.7 Å². The number of aliphatic hydroxyl groups excluding tert-OH is 1. The van der Waals surface area contributed by atoms with Gasteiger partial charge in [0.2, 0.25) is 0 Å². The third kappa shape index (κ3) is 3.35. The molecule has 1 amide bonds. The van der Waals surface area contributed by atoms with Gasteiger partial charge in [0.25, 0.3) is 5.91 Å². The van der Waals surface area contributed by atoms with Crippen molar-refractivity contribution in [3.63, 3.8) is 0 Å². The van der Waals surface area contributed by atoms with Gasteiger partial charge in [-0.1, -0.05) is 0 Å². The molecule has 0 unspecified atom stereocenters. The molecule has 3 aromatic rings. The molecule has 0 radical (unpaired) electrons. The van der Waals surface area contributed by atoms with Gasteiger partial charge in [0.15, 0.2) is 0 Å². The zero-order valence-corrected chi connectivity index (χ0v) is 16.3. The number of aromatic nitrogens is 3. The molecule has 156 valence electrons. The Morgan fingerprint density at radius 2 is 2.00 bits per heavy atom. The predicted molar refractivity (Wildman–Crippen MR) is 104 cm³/mol. The second-order valence-corrected chi connectivity index (χ2v) is 7.30. The highest BCUT2D eigenvalue weighted by atomic mass is 19.4. The minimum Gasteiger partial charge on any atom is -0.392 e. The highest BCUT2D eigenvalue weighted by Gasteiger charge is 2.36. The number of nitrogens with zero attached hydrogens (tertiary/aromatic N) is 4. The molecule has 1 aliphatic rings. The zero-order chi connectivity index (χ0) is 21.6. The molecule has 9 heteroatoms. The van der Waals surface area contributed by atoms with Crippen molar-refractivity contribution in [3.05, 3.63) is 65.2 Å². The van der Waals surface area contributed by atoms with Gasteiger partial charge in [-0.2, -0.15) is 18.3 Å². The van der Waals surface area contributed by atoms with Crippen LogP contribution in [0, 0.1) is 6.92 Å². The van der Waals surface area contributed by atoms with Crippen LogP contribution in [0.2, 0.25) is 0 Å². The number of benzene rings is 1. The average molecular weight is 416 g/mol. The van der Waals surface area contributed by atoms with Gasteiger partial charge in [-0.05, 0) is 55.3 Å². The first-order chi connectivity index (χ1) is 14.2. The Kier molecular flexibility index (Phi) is 4.85. The van der Waals surface area contributed by atoms with Crippen LogP contribution in [0.1, 0.15) is 40.3 Å². The standard InChI is InChI=1S/C21H19F3N4O2/c1-12-7-14(5-6-25-12)17-9-26-28-13(2)10-27(20(30)19(17)28)16-3-4-18(21(22,23)24)15(8-16)11-29/h3-9,13,29H,10-11H2,1-2H3/t13-/m0/s1. The molecule has 1 aliphatic heterocycles. The first-order valence-corrected chi connectivity index (χ1v) is 9.34. The number of hydrogen-bond acceptors (Lipinski definition) is 4. The second-order valence-electron chi connectivity index (χ2n) is 7.30. The fourth-order valence-electron chi connectivity index (χ4n) is 3.76. The van der Waals surface area contributed by atoms with Crippen molar-refractivity contribution >= 4 is 11.6 Å². The molecular formula is C21H19F3N4O2. The van der Waals surface area contributed by atoms with Crippen LogP contribution in [0.3, 0.4) is 0 Å². The van der Waals surface area contributed by atoms with Crippen molar-refractivity contribution in [2.75, 3.05) is 11.4 Å². The van der Waals surface area contributed by atoms with E-state index in [1.165, 1.54) is 17.0 Å². The number of alkyl halides is 3. The number of anilines is 1. The normalized spacial score (nSPS) is 16.7. The van der Waals surface area contributed by atoms with E-state index in [9.17, 15) is 23.1 Å². The van der Waals surface area contributed by atoms with Gasteiger partial charge < -0.3 is 10.0 Å². The lowest BCUT2D eigenvalue weighted by Crippen LogP contribution is -2.43. The number of fused-ring (bicyclic) bond motifs is 1. The highest BCUT2D eigenvalue weighted by Crippen LogP contribution is 2.37. The fourth-order valence-corrected chi connectivity index (χ4v) is 3.76. The zero-order valence-electron chi connectivity index (χ0n) is 16.3. The van der Waals surface area contributed by atoms with Gasteiger partial charge >= 0.3 is 6.18 Å². The van der Waals surface area contributed by atoms with Crippen molar-refractivity contribution in [1.29, 1.82) is 0 Å². The smallest absolute Gasteiger partial charge is 0.392 e. The molecule has 3 heterocycles. The van der Waals surface area contributed by atoms with Crippen molar-refractivity contribution in [2.45, 2.75) is 32.7 Å². The number of halogens is 3. The fraction of sp³-hybridized carbons (Fsp3) is 0.286. The molecule has 0 aliphatic carbocycles. The molecule has 0 saturated heterocycles. The van der Waals surface area contributed by atoms with E-state index >= 15 is 0 Å². The van der Waals surface area contributed by atoms with Gasteiger partial charge in [0.05, 0.1) is 24.4 Å². The lowest BCUT2D eigenvalue weighted by Gasteiger charge is -2.33. The Balaban J connectivity index is 1.78. The summed E-state index contributed by atoms with van der Waals surface area (Å²) in [6.45, 7) is 3.20. The van der Waals surface area contributed by atoms with E-state index in [0.29, 0.717) is 16.9 Å². The summed E-state index contributed by atoms with van der Waals surface area (Å²) in [5, 5.41) is 13.8. The number of aryl methyl sites for hydroxylation is 1. The summed E-state index contributed by atoms with van der Waals surface area (Å²) in [6.07, 6.45) is -1.32. The molecule has 0 bridgehead atoms. The number of aliphatic hydroxyl groups is 1. The largest absolute Gasteiger partial charge is 0.416 e. The maximum Gasteiger partial charge on any atom is 0.416 e. The minimum atomic E-state index is -4.58. The Hall–Kier alpha value is -3.20. The van der Waals surface area contributed by atoms with E-state index in [4.69, 9.17) is 0 Å². The van der Waals surface area contributed by atoms with Crippen LogP contribution in [0.5, 0.6) is 0 Å². The van der Waals surface area contributed by atoms with E-state index in [2.05, 4.69) is 10.1 Å². The van der Waals surface area contributed by atoms with E-state index in [0.717, 1.165) is 17.3 Å². The van der Waals surface area contributed by atoms with Crippen molar-refractivity contribution in [3.8, 4) is 11.1 Å². The van der Waals surface area contributed by atoms with Gasteiger partial charge in [-0.25, -0.2) is 0 Å². The average Bonchev–Trinajstić information content (AvgIpc) is 3.15. The summed E-state index contributed by atoms with van der Waals surface area (Å²) in [5.41, 5.74) is 1.69. The molecule has 0 saturated carbocycles. The summed E-state index contributed by atoms with van der Waals surface area (Å²) in [7, 11) is 0. The molecule has 30 heavy (non-hydrogen) atoms. The van der Waals surface area contributed by atoms with Crippen LogP contribution in [-0.4, -0.2) is 32.3 Å². The topological polar surface area (TPSA) is 71.2 Å². The third-order valence-corrected chi connectivity index (χ3v) is 5.19. The van der Waals surface area contributed by atoms with Gasteiger partial charge in [-0.15, -0.1) is 0 Å². The van der Waals surface area contributed by atoms with E-state index in [-0.39, 0.29) is 24.1 Å². The molecule has 4 rings (SSSR count). The molecular weight excluding hydrogens is 397 g/mol. The number of rotatable bonds is 3. The van der Waals surface area contributed by atoms with Crippen molar-refractivity contribution < 1.29 is 23.1 Å². The maximum atomic E-state index is 13.3. The Labute approximate surface area is 170 Å². The van der Waals surface area contributed by atoms with Crippen LogP contribution in [0.25, 0.3) is 11.1 Å². The Morgan fingerprint density at radius 1 is 1.23 bits per heavy atom. The predicted octanol–water partition coefficient (Wildman–Crippen LogP) is 3.99. The minimum absolute atomic E-state index is 0.186. The second kappa shape index (κ2) is 7.24. The first kappa shape index (κ1) is 20.1. The quantitative estimate of drug-likeness (QED) is 0.701. The monoisotopic (exact) mass is 416 g/mol. The first-order valence-electron chi connectivity index (χ1n) is 9.34. The van der Waals surface area contributed by atoms with Crippen molar-refractivity contribution in [2.24, 2.45) is 0 Å². The summed E-state index contributed by atoms with van der Waals surface area (Å²) >= 11 is 0. The molecule has 1 aromatic carbocycles. The Bertz CT molecular complexity index is 1120. The van der Waals surface area contributed by atoms with Crippen LogP contribution >= 0.6 is 0 Å². The maximum absolute atomic E-state index is 13.3. The van der Waals surface area contributed by atoms with Crippen LogP contribution < -0.4 is 4.90 Å². The number of pyridine rings is 1. The summed E-state index contributed by atoms with van der Waals surface area (Å²) in [4.78, 5) is 18.9. The Morgan fingerprint density at radius 3 is 2.67 bits per heavy atom. The number of amides is 1. The molecule has 1 atom stereocenters. The highest BCUT2D eigenvalue weighted by molar-refractivity contribution is 6.09. The molecule has 0 spiro atoms. The van der Waals surface area contributed by atoms with Crippen LogP contribution in [-0.2, 0) is 12.8 Å². The molecule has 0 fully saturated rings. The van der Waals surface area contributed by atoms with Gasteiger partial charge in [0.1, 0.15) is 5.69 Å². The van der Waals surface area contributed by atoms with Crippen molar-refractivity contribution in [1.82, 2.24) is 14.8 Å². The lowest BCUT2D eigenvalue weighted by atomic mass is 10.0. The number of carbonyl (C=O) groups is 1. The SMILES string of the molecule is Cc1cc(-c2cnn3c2C(=O)N(c2ccc(C(F)(F)F)c(CO)c2)C[C@@H]3C)ccn1. The van der Waals surface area contributed by atoms with Gasteiger partial charge in [-0.3, -0.25) is 14.5 Å². The lowest BCUT2D eigenvalue weighted by molar-refractivity contribution is -0.138. The molecule has 2 aromatic heterocycles. The van der Waals surface area contributed by atoms with Crippen LogP contribution in [0.15, 0.2) is 42.7 Å². The third-order valence-electron chi connectivity index (χ3n) is 5.19. The van der Waals surface area contributed by atoms with E-state index in [1.54, 1.807) is 23.1 Å². The molecule has 6 nitrogen and oxygen atoms in total. The van der Waals surface area contributed by atoms with Crippen LogP contribution in [0.4, 0.5) is 18.9 Å².